The van der Waals surface area contributed by atoms with Crippen molar-refractivity contribution in [1.29, 1.82) is 0 Å². The average molecular weight is 375 g/mol. The number of nitrogens with one attached hydrogen (secondary N) is 1. The fourth-order valence-electron chi connectivity index (χ4n) is 4.06. The largest absolute Gasteiger partial charge is 0.422 e. The molecule has 0 aliphatic heterocycles. The molecule has 1 heterocycles. The lowest BCUT2D eigenvalue weighted by atomic mass is 9.92. The van der Waals surface area contributed by atoms with E-state index in [2.05, 4.69) is 5.32 Å². The van der Waals surface area contributed by atoms with Crippen LogP contribution in [0.2, 0.25) is 0 Å². The van der Waals surface area contributed by atoms with Crippen LogP contribution in [0.4, 0.5) is 0 Å². The fraction of sp³-hybridized carbons (Fsp3) is 0.333. The summed E-state index contributed by atoms with van der Waals surface area (Å²) in [6, 6.07) is 19.3. The van der Waals surface area contributed by atoms with Crippen LogP contribution in [0, 0.1) is 0 Å². The summed E-state index contributed by atoms with van der Waals surface area (Å²) in [5.74, 6) is -0.184. The number of para-hydroxylation sites is 1. The molecule has 28 heavy (non-hydrogen) atoms. The van der Waals surface area contributed by atoms with Gasteiger partial charge >= 0.3 is 5.63 Å². The van der Waals surface area contributed by atoms with E-state index in [9.17, 15) is 9.59 Å². The molecule has 0 bridgehead atoms. The molecule has 0 saturated heterocycles. The highest BCUT2D eigenvalue weighted by Gasteiger charge is 2.23. The van der Waals surface area contributed by atoms with Crippen molar-refractivity contribution in [3.8, 4) is 0 Å². The van der Waals surface area contributed by atoms with Gasteiger partial charge in [-0.25, -0.2) is 4.79 Å². The van der Waals surface area contributed by atoms with Crippen LogP contribution in [0.3, 0.4) is 0 Å². The Morgan fingerprint density at radius 2 is 1.71 bits per heavy atom. The van der Waals surface area contributed by atoms with Gasteiger partial charge in [0.05, 0.1) is 0 Å². The molecule has 1 aliphatic rings. The van der Waals surface area contributed by atoms with Crippen LogP contribution in [-0.2, 0) is 0 Å². The lowest BCUT2D eigenvalue weighted by molar-refractivity contribution is 0.0961. The van der Waals surface area contributed by atoms with Crippen LogP contribution in [0.25, 0.3) is 11.0 Å². The standard InChI is InChI=1S/C24H25NO3/c26-22(20-15-18-11-7-8-14-23(18)28-24(20)27)16-21(17-9-3-1-4-10-17)25-19-12-5-2-6-13-19/h1,3-4,7-11,14-15,19,21,25H,2,5-6,12-13,16H2. The Labute approximate surface area is 164 Å². The van der Waals surface area contributed by atoms with Gasteiger partial charge in [-0.05, 0) is 30.5 Å². The maximum absolute atomic E-state index is 13.0. The molecular formula is C24H25NO3. The van der Waals surface area contributed by atoms with Crippen LogP contribution in [0.5, 0.6) is 0 Å². The van der Waals surface area contributed by atoms with E-state index in [4.69, 9.17) is 4.42 Å². The minimum atomic E-state index is -0.562. The van der Waals surface area contributed by atoms with Gasteiger partial charge in [0.1, 0.15) is 11.1 Å². The summed E-state index contributed by atoms with van der Waals surface area (Å²) in [7, 11) is 0. The van der Waals surface area contributed by atoms with Gasteiger partial charge < -0.3 is 9.73 Å². The van der Waals surface area contributed by atoms with Crippen molar-refractivity contribution in [3.05, 3.63) is 82.2 Å². The van der Waals surface area contributed by atoms with Crippen LogP contribution >= 0.6 is 0 Å². The first kappa shape index (κ1) is 18.6. The summed E-state index contributed by atoms with van der Waals surface area (Å²) in [6.07, 6.45) is 6.24. The molecule has 4 heteroatoms. The molecule has 1 aromatic heterocycles. The van der Waals surface area contributed by atoms with Gasteiger partial charge in [-0.2, -0.15) is 0 Å². The van der Waals surface area contributed by atoms with Gasteiger partial charge in [0.2, 0.25) is 0 Å². The minimum absolute atomic E-state index is 0.109. The summed E-state index contributed by atoms with van der Waals surface area (Å²) in [5, 5.41) is 4.44. The molecule has 4 rings (SSSR count). The zero-order valence-corrected chi connectivity index (χ0v) is 15.9. The van der Waals surface area contributed by atoms with Crippen molar-refractivity contribution in [1.82, 2.24) is 5.32 Å². The van der Waals surface area contributed by atoms with Crippen molar-refractivity contribution >= 4 is 16.8 Å². The lowest BCUT2D eigenvalue weighted by Crippen LogP contribution is -2.36. The minimum Gasteiger partial charge on any atom is -0.422 e. The number of carbonyl (C=O) groups is 1. The summed E-state index contributed by atoms with van der Waals surface area (Å²) in [6.45, 7) is 0. The molecule has 0 amide bonds. The predicted molar refractivity (Wildman–Crippen MR) is 111 cm³/mol. The Kier molecular flexibility index (Phi) is 5.68. The number of fused-ring (bicyclic) bond motifs is 1. The second-order valence-corrected chi connectivity index (χ2v) is 7.58. The zero-order valence-electron chi connectivity index (χ0n) is 15.9. The van der Waals surface area contributed by atoms with Crippen LogP contribution in [0.15, 0.2) is 69.9 Å². The number of Topliss-reactive ketones (excluding diaryl/α,β-unsaturated/α-hetero) is 1. The summed E-state index contributed by atoms with van der Waals surface area (Å²) >= 11 is 0. The number of ketones is 1. The van der Waals surface area contributed by atoms with Crippen LogP contribution in [-0.4, -0.2) is 11.8 Å². The Morgan fingerprint density at radius 1 is 1.00 bits per heavy atom. The Balaban J connectivity index is 1.59. The monoisotopic (exact) mass is 375 g/mol. The number of carbonyl (C=O) groups excluding carboxylic acids is 1. The Morgan fingerprint density at radius 3 is 2.50 bits per heavy atom. The van der Waals surface area contributed by atoms with Gasteiger partial charge in [-0.3, -0.25) is 4.79 Å². The number of rotatable bonds is 6. The van der Waals surface area contributed by atoms with E-state index in [0.717, 1.165) is 23.8 Å². The molecule has 4 nitrogen and oxygen atoms in total. The fourth-order valence-corrected chi connectivity index (χ4v) is 4.06. The number of benzene rings is 2. The summed E-state index contributed by atoms with van der Waals surface area (Å²) < 4.78 is 5.35. The van der Waals surface area contributed by atoms with E-state index >= 15 is 0 Å². The topological polar surface area (TPSA) is 59.3 Å². The number of hydrogen-bond acceptors (Lipinski definition) is 4. The molecule has 1 fully saturated rings. The van der Waals surface area contributed by atoms with Crippen molar-refractivity contribution in [2.24, 2.45) is 0 Å². The van der Waals surface area contributed by atoms with Gasteiger partial charge in [0.25, 0.3) is 0 Å². The first-order valence-corrected chi connectivity index (χ1v) is 10.1. The summed E-state index contributed by atoms with van der Waals surface area (Å²) in [5.41, 5.74) is 1.15. The maximum Gasteiger partial charge on any atom is 0.347 e. The van der Waals surface area contributed by atoms with Crippen LogP contribution < -0.4 is 10.9 Å². The van der Waals surface area contributed by atoms with Crippen LogP contribution in [0.1, 0.15) is 60.5 Å². The second kappa shape index (κ2) is 8.53. The predicted octanol–water partition coefficient (Wildman–Crippen LogP) is 5.03. The molecule has 1 atom stereocenters. The highest BCUT2D eigenvalue weighted by atomic mass is 16.4. The molecule has 144 valence electrons. The third-order valence-corrected chi connectivity index (χ3v) is 5.58. The molecular weight excluding hydrogens is 350 g/mol. The van der Waals surface area contributed by atoms with E-state index in [1.807, 2.05) is 48.5 Å². The average Bonchev–Trinajstić information content (AvgIpc) is 2.74. The van der Waals surface area contributed by atoms with Crippen molar-refractivity contribution < 1.29 is 9.21 Å². The molecule has 1 unspecified atom stereocenters. The third-order valence-electron chi connectivity index (χ3n) is 5.58. The second-order valence-electron chi connectivity index (χ2n) is 7.58. The number of hydrogen-bond donors (Lipinski definition) is 1. The SMILES string of the molecule is O=C(CC(NC1CCCCC1)c1ccccc1)c1cc2ccccc2oc1=O. The molecule has 3 aromatic rings. The maximum atomic E-state index is 13.0. The normalized spacial score (nSPS) is 16.1. The van der Waals surface area contributed by atoms with Gasteiger partial charge in [-0.1, -0.05) is 67.8 Å². The van der Waals surface area contributed by atoms with E-state index < -0.39 is 5.63 Å². The highest BCUT2D eigenvalue weighted by Crippen LogP contribution is 2.25. The van der Waals surface area contributed by atoms with E-state index in [-0.39, 0.29) is 23.8 Å². The lowest BCUT2D eigenvalue weighted by Gasteiger charge is -2.28. The first-order valence-electron chi connectivity index (χ1n) is 10.1. The quantitative estimate of drug-likeness (QED) is 0.485. The third kappa shape index (κ3) is 4.23. The van der Waals surface area contributed by atoms with E-state index in [1.54, 1.807) is 12.1 Å². The highest BCUT2D eigenvalue weighted by molar-refractivity contribution is 5.98. The van der Waals surface area contributed by atoms with Crippen molar-refractivity contribution in [2.45, 2.75) is 50.6 Å². The van der Waals surface area contributed by atoms with Gasteiger partial charge in [-0.15, -0.1) is 0 Å². The van der Waals surface area contributed by atoms with E-state index in [0.29, 0.717) is 11.6 Å². The van der Waals surface area contributed by atoms with Crippen molar-refractivity contribution in [3.63, 3.8) is 0 Å². The Hall–Kier alpha value is -2.72. The van der Waals surface area contributed by atoms with E-state index in [1.165, 1.54) is 19.3 Å². The zero-order chi connectivity index (χ0) is 19.3. The first-order chi connectivity index (χ1) is 13.7. The molecule has 0 spiro atoms. The molecule has 1 aliphatic carbocycles. The van der Waals surface area contributed by atoms with Gasteiger partial charge in [0.15, 0.2) is 5.78 Å². The van der Waals surface area contributed by atoms with Gasteiger partial charge in [0, 0.05) is 23.9 Å². The molecule has 1 saturated carbocycles. The summed E-state index contributed by atoms with van der Waals surface area (Å²) in [4.78, 5) is 25.4. The molecule has 1 N–H and O–H groups in total. The smallest absolute Gasteiger partial charge is 0.347 e. The Bertz CT molecular complexity index is 1000. The molecule has 2 aromatic carbocycles. The van der Waals surface area contributed by atoms with Crippen molar-refractivity contribution in [2.75, 3.05) is 0 Å². The molecule has 0 radical (unpaired) electrons.